The highest BCUT2D eigenvalue weighted by molar-refractivity contribution is 6.39. The number of nitrogens with two attached hydrogens (primary N) is 1. The quantitative estimate of drug-likeness (QED) is 0.146. The predicted molar refractivity (Wildman–Crippen MR) is 140 cm³/mol. The van der Waals surface area contributed by atoms with Crippen LogP contribution in [-0.2, 0) is 20.9 Å². The fourth-order valence-corrected chi connectivity index (χ4v) is 3.19. The van der Waals surface area contributed by atoms with E-state index in [1.54, 1.807) is 31.3 Å². The van der Waals surface area contributed by atoms with Gasteiger partial charge in [-0.05, 0) is 56.4 Å². The number of nitrogens with zero attached hydrogens (tertiary/aromatic N) is 3. The van der Waals surface area contributed by atoms with Gasteiger partial charge in [-0.15, -0.1) is 0 Å². The van der Waals surface area contributed by atoms with Gasteiger partial charge in [0, 0.05) is 24.7 Å². The van der Waals surface area contributed by atoms with E-state index < -0.39 is 17.7 Å². The smallest absolute Gasteiger partial charge is 0.353 e. The SMILES string of the molecule is C=C/C(=C\C(=N)C(=O)O)OC1CCCCC1.CCN(C)C(=O)/N=C(/N)N(C=O)Cc1ccc(Cl)cc1. The van der Waals surface area contributed by atoms with Gasteiger partial charge in [0.2, 0.25) is 12.4 Å². The summed E-state index contributed by atoms with van der Waals surface area (Å²) in [6.07, 6.45) is 8.83. The average molecular weight is 520 g/mol. The van der Waals surface area contributed by atoms with Gasteiger partial charge in [0.15, 0.2) is 0 Å². The maximum Gasteiger partial charge on any atom is 0.353 e. The van der Waals surface area contributed by atoms with E-state index in [0.717, 1.165) is 36.1 Å². The molecule has 2 rings (SSSR count). The molecule has 0 bridgehead atoms. The lowest BCUT2D eigenvalue weighted by Gasteiger charge is -2.23. The first kappa shape index (κ1) is 30.4. The largest absolute Gasteiger partial charge is 0.490 e. The van der Waals surface area contributed by atoms with Crippen LogP contribution in [0.25, 0.3) is 0 Å². The van der Waals surface area contributed by atoms with Gasteiger partial charge in [-0.25, -0.2) is 9.59 Å². The van der Waals surface area contributed by atoms with Crippen LogP contribution in [-0.4, -0.2) is 64.7 Å². The van der Waals surface area contributed by atoms with E-state index in [0.29, 0.717) is 23.7 Å². The Morgan fingerprint density at radius 2 is 1.89 bits per heavy atom. The average Bonchev–Trinajstić information content (AvgIpc) is 2.88. The Morgan fingerprint density at radius 1 is 1.28 bits per heavy atom. The molecule has 10 nitrogen and oxygen atoms in total. The molecule has 0 heterocycles. The summed E-state index contributed by atoms with van der Waals surface area (Å²) in [4.78, 5) is 39.4. The second kappa shape index (κ2) is 16.1. The molecule has 1 aromatic carbocycles. The lowest BCUT2D eigenvalue weighted by Crippen LogP contribution is -2.38. The van der Waals surface area contributed by atoms with Gasteiger partial charge in [-0.2, -0.15) is 4.99 Å². The number of guanidine groups is 1. The monoisotopic (exact) mass is 519 g/mol. The topological polar surface area (TPSA) is 149 Å². The number of hydrogen-bond donors (Lipinski definition) is 3. The summed E-state index contributed by atoms with van der Waals surface area (Å²) in [5.74, 6) is -1.02. The molecule has 0 unspecified atom stereocenters. The zero-order valence-electron chi connectivity index (χ0n) is 20.7. The third kappa shape index (κ3) is 11.2. The number of benzene rings is 1. The Morgan fingerprint density at radius 3 is 2.39 bits per heavy atom. The number of carboxylic acid groups (broad SMARTS) is 1. The van der Waals surface area contributed by atoms with Crippen LogP contribution in [0.5, 0.6) is 0 Å². The number of nitrogens with one attached hydrogen (secondary N) is 1. The zero-order chi connectivity index (χ0) is 27.1. The molecule has 1 aromatic rings. The van der Waals surface area contributed by atoms with Crippen LogP contribution in [0.2, 0.25) is 5.02 Å². The fourth-order valence-electron chi connectivity index (χ4n) is 3.06. The first-order chi connectivity index (χ1) is 17.1. The van der Waals surface area contributed by atoms with E-state index in [2.05, 4.69) is 11.6 Å². The molecule has 3 amide bonds. The minimum Gasteiger partial charge on any atom is -0.490 e. The lowest BCUT2D eigenvalue weighted by molar-refractivity contribution is -0.129. The maximum absolute atomic E-state index is 11.6. The van der Waals surface area contributed by atoms with Crippen LogP contribution >= 0.6 is 11.6 Å². The number of hydrogen-bond acceptors (Lipinski definition) is 5. The number of rotatable bonds is 9. The molecular weight excluding hydrogens is 486 g/mol. The molecule has 196 valence electrons. The van der Waals surface area contributed by atoms with Crippen molar-refractivity contribution in [2.75, 3.05) is 13.6 Å². The summed E-state index contributed by atoms with van der Waals surface area (Å²) in [5, 5.41) is 16.4. The van der Waals surface area contributed by atoms with Crippen molar-refractivity contribution in [3.63, 3.8) is 0 Å². The van der Waals surface area contributed by atoms with E-state index in [4.69, 9.17) is 32.6 Å². The van der Waals surface area contributed by atoms with Crippen molar-refractivity contribution in [3.8, 4) is 0 Å². The van der Waals surface area contributed by atoms with Crippen molar-refractivity contribution >= 4 is 41.7 Å². The van der Waals surface area contributed by atoms with Crippen molar-refractivity contribution in [1.29, 1.82) is 5.41 Å². The van der Waals surface area contributed by atoms with Crippen molar-refractivity contribution in [3.05, 3.63) is 59.3 Å². The summed E-state index contributed by atoms with van der Waals surface area (Å²) in [5.41, 5.74) is 6.02. The highest BCUT2D eigenvalue weighted by Crippen LogP contribution is 2.22. The van der Waals surface area contributed by atoms with Gasteiger partial charge >= 0.3 is 12.0 Å². The molecule has 0 saturated heterocycles. The first-order valence-electron chi connectivity index (χ1n) is 11.5. The van der Waals surface area contributed by atoms with Crippen molar-refractivity contribution < 1.29 is 24.2 Å². The molecule has 0 aromatic heterocycles. The highest BCUT2D eigenvalue weighted by Gasteiger charge is 2.16. The fraction of sp³-hybridized carbons (Fsp3) is 0.400. The Hall–Kier alpha value is -3.66. The molecule has 0 radical (unpaired) electrons. The van der Waals surface area contributed by atoms with E-state index in [1.165, 1.54) is 23.5 Å². The number of urea groups is 1. The summed E-state index contributed by atoms with van der Waals surface area (Å²) in [7, 11) is 1.60. The van der Waals surface area contributed by atoms with E-state index in [-0.39, 0.29) is 18.6 Å². The minimum absolute atomic E-state index is 0.139. The van der Waals surface area contributed by atoms with Gasteiger partial charge in [0.25, 0.3) is 0 Å². The van der Waals surface area contributed by atoms with Gasteiger partial charge < -0.3 is 20.5 Å². The Labute approximate surface area is 216 Å². The lowest BCUT2D eigenvalue weighted by atomic mass is 9.98. The minimum atomic E-state index is -1.26. The summed E-state index contributed by atoms with van der Waals surface area (Å²) in [6, 6.07) is 6.47. The highest BCUT2D eigenvalue weighted by atomic mass is 35.5. The molecule has 1 aliphatic rings. The van der Waals surface area contributed by atoms with Crippen LogP contribution in [0.1, 0.15) is 44.6 Å². The Kier molecular flexibility index (Phi) is 13.6. The molecule has 1 aliphatic carbocycles. The second-order valence-electron chi connectivity index (χ2n) is 7.97. The molecule has 11 heteroatoms. The summed E-state index contributed by atoms with van der Waals surface area (Å²) in [6.45, 7) is 6.10. The molecule has 0 aliphatic heterocycles. The van der Waals surface area contributed by atoms with Gasteiger partial charge in [-0.3, -0.25) is 15.1 Å². The van der Waals surface area contributed by atoms with Crippen LogP contribution < -0.4 is 5.73 Å². The molecule has 1 fully saturated rings. The Bertz CT molecular complexity index is 972. The standard InChI is InChI=1S/C13H17ClN4O2.C12H17NO3/c1-3-17(2)13(20)16-12(15)18(9-19)8-10-4-6-11(14)7-5-10;1-2-9(8-11(13)12(14)15)16-10-6-4-3-5-7-10/h4-7,9H,3,8H2,1-2H3,(H2,15,16,20);2,8,10,13H,1,3-7H2,(H,14,15)/b;9-8+,13-11?. The number of carboxylic acids is 1. The van der Waals surface area contributed by atoms with Crippen LogP contribution in [0, 0.1) is 5.41 Å². The number of allylic oxidation sites excluding steroid dienone is 1. The van der Waals surface area contributed by atoms with Gasteiger partial charge in [0.05, 0.1) is 12.6 Å². The molecule has 36 heavy (non-hydrogen) atoms. The first-order valence-corrected chi connectivity index (χ1v) is 11.9. The van der Waals surface area contributed by atoms with E-state index in [1.807, 2.05) is 6.92 Å². The summed E-state index contributed by atoms with van der Waals surface area (Å²) < 4.78 is 5.60. The van der Waals surface area contributed by atoms with Crippen molar-refractivity contribution in [2.45, 2.75) is 51.7 Å². The molecule has 4 N–H and O–H groups in total. The Balaban J connectivity index is 0.000000369. The second-order valence-corrected chi connectivity index (χ2v) is 8.41. The normalized spacial score (nSPS) is 14.1. The third-order valence-electron chi connectivity index (χ3n) is 5.27. The summed E-state index contributed by atoms with van der Waals surface area (Å²) >= 11 is 5.78. The number of amides is 3. The zero-order valence-corrected chi connectivity index (χ0v) is 21.4. The number of ether oxygens (including phenoxy) is 1. The van der Waals surface area contributed by atoms with Crippen molar-refractivity contribution in [1.82, 2.24) is 9.80 Å². The third-order valence-corrected chi connectivity index (χ3v) is 5.52. The van der Waals surface area contributed by atoms with Crippen LogP contribution in [0.3, 0.4) is 0 Å². The van der Waals surface area contributed by atoms with Crippen molar-refractivity contribution in [2.24, 2.45) is 10.7 Å². The number of carbonyl (C=O) groups excluding carboxylic acids is 2. The molecule has 0 spiro atoms. The van der Waals surface area contributed by atoms with Gasteiger partial charge in [-0.1, -0.05) is 36.7 Å². The van der Waals surface area contributed by atoms with E-state index >= 15 is 0 Å². The molecule has 0 atom stereocenters. The molecule has 1 saturated carbocycles. The predicted octanol–water partition coefficient (Wildman–Crippen LogP) is 4.19. The van der Waals surface area contributed by atoms with Crippen LogP contribution in [0.4, 0.5) is 4.79 Å². The number of carbonyl (C=O) groups is 3. The molecular formula is C25H34ClN5O5. The maximum atomic E-state index is 11.6. The number of aliphatic carboxylic acids is 1. The number of aliphatic imine (C=N–C) groups is 1. The van der Waals surface area contributed by atoms with Gasteiger partial charge in [0.1, 0.15) is 11.5 Å². The number of halogens is 1. The van der Waals surface area contributed by atoms with Crippen LogP contribution in [0.15, 0.2) is 53.7 Å². The van der Waals surface area contributed by atoms with E-state index in [9.17, 15) is 14.4 Å².